The Hall–Kier alpha value is -0.570. The van der Waals surface area contributed by atoms with Crippen LogP contribution in [0.1, 0.15) is 118 Å². The summed E-state index contributed by atoms with van der Waals surface area (Å²) in [5.74, 6) is 0.250. The van der Waals surface area contributed by atoms with Crippen molar-refractivity contribution in [2.45, 2.75) is 118 Å². The number of nitrogens with zero attached hydrogens (tertiary/aromatic N) is 1. The van der Waals surface area contributed by atoms with Gasteiger partial charge in [0.25, 0.3) is 0 Å². The van der Waals surface area contributed by atoms with E-state index in [0.717, 1.165) is 43.6 Å². The van der Waals surface area contributed by atoms with Crippen molar-refractivity contribution in [3.63, 3.8) is 0 Å². The maximum Gasteiger partial charge on any atom is 0.220 e. The van der Waals surface area contributed by atoms with Crippen molar-refractivity contribution in [1.29, 1.82) is 0 Å². The van der Waals surface area contributed by atoms with Crippen LogP contribution in [0, 0.1) is 0 Å². The van der Waals surface area contributed by atoms with Crippen LogP contribution in [0.25, 0.3) is 0 Å². The average Bonchev–Trinajstić information content (AvgIpc) is 2.69. The van der Waals surface area contributed by atoms with E-state index in [0.29, 0.717) is 6.42 Å². The van der Waals surface area contributed by atoms with Crippen molar-refractivity contribution in [2.24, 2.45) is 0 Å². The number of nitrogens with one attached hydrogen (secondary N) is 1. The standard InChI is InChI=1S/C24H50N2O/c1-5-9-10-11-12-13-14-15-16-17-18-19-20-21-24(27)25-22-23-26(6-2,7-3)8-4/h5-23H2,1-4H3/p+1. The fourth-order valence-electron chi connectivity index (χ4n) is 3.97. The lowest BCUT2D eigenvalue weighted by molar-refractivity contribution is -0.922. The maximum atomic E-state index is 12.0. The largest absolute Gasteiger partial charge is 0.350 e. The number of quaternary nitrogens is 1. The van der Waals surface area contributed by atoms with Gasteiger partial charge in [0, 0.05) is 6.42 Å². The van der Waals surface area contributed by atoms with Crippen LogP contribution in [0.2, 0.25) is 0 Å². The van der Waals surface area contributed by atoms with Gasteiger partial charge in [0.05, 0.1) is 32.7 Å². The summed E-state index contributed by atoms with van der Waals surface area (Å²) in [6, 6.07) is 0. The Morgan fingerprint density at radius 3 is 1.44 bits per heavy atom. The molecule has 27 heavy (non-hydrogen) atoms. The van der Waals surface area contributed by atoms with Crippen LogP contribution in [0.4, 0.5) is 0 Å². The van der Waals surface area contributed by atoms with E-state index in [9.17, 15) is 4.79 Å². The molecule has 0 saturated heterocycles. The third-order valence-corrected chi connectivity index (χ3v) is 6.43. The van der Waals surface area contributed by atoms with E-state index >= 15 is 0 Å². The summed E-state index contributed by atoms with van der Waals surface area (Å²) in [5, 5.41) is 3.13. The lowest BCUT2D eigenvalue weighted by atomic mass is 10.0. The highest BCUT2D eigenvalue weighted by atomic mass is 16.1. The van der Waals surface area contributed by atoms with E-state index in [4.69, 9.17) is 0 Å². The molecule has 162 valence electrons. The number of hydrogen-bond donors (Lipinski definition) is 1. The monoisotopic (exact) mass is 383 g/mol. The second-order valence-electron chi connectivity index (χ2n) is 8.36. The van der Waals surface area contributed by atoms with Crippen LogP contribution in [-0.4, -0.2) is 43.1 Å². The first-order valence-electron chi connectivity index (χ1n) is 12.3. The molecule has 0 aliphatic carbocycles. The Labute approximate surface area is 171 Å². The zero-order chi connectivity index (χ0) is 20.2. The Bertz CT molecular complexity index is 318. The second-order valence-corrected chi connectivity index (χ2v) is 8.36. The first-order chi connectivity index (χ1) is 13.1. The van der Waals surface area contributed by atoms with Crippen molar-refractivity contribution in [3.05, 3.63) is 0 Å². The highest BCUT2D eigenvalue weighted by molar-refractivity contribution is 5.75. The van der Waals surface area contributed by atoms with Crippen molar-refractivity contribution in [3.8, 4) is 0 Å². The molecule has 1 amide bonds. The van der Waals surface area contributed by atoms with Gasteiger partial charge >= 0.3 is 0 Å². The molecular formula is C24H51N2O+. The summed E-state index contributed by atoms with van der Waals surface area (Å²) in [4.78, 5) is 12.0. The molecule has 3 heteroatoms. The fraction of sp³-hybridized carbons (Fsp3) is 0.958. The molecule has 0 aromatic heterocycles. The fourth-order valence-corrected chi connectivity index (χ4v) is 3.97. The number of amides is 1. The molecule has 0 aliphatic rings. The molecule has 0 heterocycles. The van der Waals surface area contributed by atoms with Crippen molar-refractivity contribution < 1.29 is 9.28 Å². The summed E-state index contributed by atoms with van der Waals surface area (Å²) in [6.45, 7) is 14.4. The Morgan fingerprint density at radius 1 is 0.630 bits per heavy atom. The van der Waals surface area contributed by atoms with Gasteiger partial charge in [0.15, 0.2) is 0 Å². The highest BCUT2D eigenvalue weighted by Crippen LogP contribution is 2.13. The minimum atomic E-state index is 0.250. The smallest absolute Gasteiger partial charge is 0.220 e. The summed E-state index contributed by atoms with van der Waals surface area (Å²) in [6.07, 6.45) is 18.3. The van der Waals surface area contributed by atoms with Gasteiger partial charge in [-0.2, -0.15) is 0 Å². The number of carbonyl (C=O) groups excluding carboxylic acids is 1. The SMILES string of the molecule is CCCCCCCCCCCCCCCC(=O)NCC[N+](CC)(CC)CC. The van der Waals surface area contributed by atoms with Crippen LogP contribution in [0.5, 0.6) is 0 Å². The third kappa shape index (κ3) is 15.1. The van der Waals surface area contributed by atoms with Gasteiger partial charge in [0.2, 0.25) is 5.91 Å². The van der Waals surface area contributed by atoms with E-state index in [1.165, 1.54) is 77.0 Å². The van der Waals surface area contributed by atoms with Gasteiger partial charge < -0.3 is 9.80 Å². The van der Waals surface area contributed by atoms with Gasteiger partial charge in [-0.15, -0.1) is 0 Å². The average molecular weight is 384 g/mol. The lowest BCUT2D eigenvalue weighted by Gasteiger charge is -2.35. The van der Waals surface area contributed by atoms with Gasteiger partial charge in [-0.05, 0) is 27.2 Å². The Morgan fingerprint density at radius 2 is 1.04 bits per heavy atom. The normalized spacial score (nSPS) is 11.7. The molecule has 0 aromatic rings. The maximum absolute atomic E-state index is 12.0. The van der Waals surface area contributed by atoms with E-state index < -0.39 is 0 Å². The zero-order valence-corrected chi connectivity index (χ0v) is 19.3. The second kappa shape index (κ2) is 18.8. The lowest BCUT2D eigenvalue weighted by Crippen LogP contribution is -2.51. The van der Waals surface area contributed by atoms with Gasteiger partial charge in [-0.25, -0.2) is 0 Å². The van der Waals surface area contributed by atoms with Crippen LogP contribution < -0.4 is 5.32 Å². The number of hydrogen-bond acceptors (Lipinski definition) is 1. The predicted molar refractivity (Wildman–Crippen MR) is 120 cm³/mol. The molecule has 0 aliphatic heterocycles. The van der Waals surface area contributed by atoms with E-state index in [2.05, 4.69) is 33.0 Å². The van der Waals surface area contributed by atoms with Gasteiger partial charge in [0.1, 0.15) is 0 Å². The molecule has 0 rings (SSSR count). The van der Waals surface area contributed by atoms with Crippen molar-refractivity contribution in [1.82, 2.24) is 5.32 Å². The Balaban J connectivity index is 3.39. The van der Waals surface area contributed by atoms with Crippen molar-refractivity contribution in [2.75, 3.05) is 32.7 Å². The van der Waals surface area contributed by atoms with Gasteiger partial charge in [-0.3, -0.25) is 4.79 Å². The first-order valence-corrected chi connectivity index (χ1v) is 12.3. The van der Waals surface area contributed by atoms with Crippen LogP contribution >= 0.6 is 0 Å². The summed E-state index contributed by atoms with van der Waals surface area (Å²) >= 11 is 0. The molecule has 0 bridgehead atoms. The first kappa shape index (κ1) is 26.4. The zero-order valence-electron chi connectivity index (χ0n) is 19.3. The van der Waals surface area contributed by atoms with E-state index in [1.54, 1.807) is 0 Å². The molecular weight excluding hydrogens is 332 g/mol. The van der Waals surface area contributed by atoms with Crippen LogP contribution in [0.3, 0.4) is 0 Å². The molecule has 0 unspecified atom stereocenters. The molecule has 0 radical (unpaired) electrons. The molecule has 0 saturated carbocycles. The van der Waals surface area contributed by atoms with Crippen molar-refractivity contribution >= 4 is 5.91 Å². The van der Waals surface area contributed by atoms with Gasteiger partial charge in [-0.1, -0.05) is 84.0 Å². The number of unbranched alkanes of at least 4 members (excludes halogenated alkanes) is 12. The van der Waals surface area contributed by atoms with Crippen LogP contribution in [-0.2, 0) is 4.79 Å². The number of likely N-dealkylation sites (N-methyl/N-ethyl adjacent to an activating group) is 1. The van der Waals surface area contributed by atoms with E-state index in [-0.39, 0.29) is 5.91 Å². The third-order valence-electron chi connectivity index (χ3n) is 6.43. The quantitative estimate of drug-likeness (QED) is 0.190. The topological polar surface area (TPSA) is 29.1 Å². The molecule has 0 fully saturated rings. The number of carbonyl (C=O) groups is 1. The Kier molecular flexibility index (Phi) is 18.4. The molecule has 3 nitrogen and oxygen atoms in total. The summed E-state index contributed by atoms with van der Waals surface area (Å²) in [5.41, 5.74) is 0. The van der Waals surface area contributed by atoms with Crippen LogP contribution in [0.15, 0.2) is 0 Å². The predicted octanol–water partition coefficient (Wildman–Crippen LogP) is 6.46. The van der Waals surface area contributed by atoms with E-state index in [1.807, 2.05) is 0 Å². The molecule has 0 spiro atoms. The summed E-state index contributed by atoms with van der Waals surface area (Å²) in [7, 11) is 0. The molecule has 1 N–H and O–H groups in total. The highest BCUT2D eigenvalue weighted by Gasteiger charge is 2.20. The minimum absolute atomic E-state index is 0.250. The minimum Gasteiger partial charge on any atom is -0.350 e. The number of rotatable bonds is 20. The molecule has 0 aromatic carbocycles. The molecule has 0 atom stereocenters. The summed E-state index contributed by atoms with van der Waals surface area (Å²) < 4.78 is 1.11.